The molecule has 5 nitrogen and oxygen atoms in total. The molecule has 6 heteroatoms. The van der Waals surface area contributed by atoms with Crippen LogP contribution in [0.3, 0.4) is 0 Å². The van der Waals surface area contributed by atoms with E-state index in [0.717, 1.165) is 26.5 Å². The smallest absolute Gasteiger partial charge is 0.310 e. The molecular weight excluding hydrogens is 374 g/mol. The van der Waals surface area contributed by atoms with E-state index in [1.54, 1.807) is 26.8 Å². The van der Waals surface area contributed by atoms with Gasteiger partial charge in [0.1, 0.15) is 0 Å². The van der Waals surface area contributed by atoms with Gasteiger partial charge in [-0.2, -0.15) is 0 Å². The highest BCUT2D eigenvalue weighted by Crippen LogP contribution is 2.30. The second-order valence-corrected chi connectivity index (χ2v) is 7.23. The Labute approximate surface area is 150 Å². The molecule has 24 heavy (non-hydrogen) atoms. The summed E-state index contributed by atoms with van der Waals surface area (Å²) in [7, 11) is 1.38. The van der Waals surface area contributed by atoms with E-state index in [1.807, 2.05) is 19.1 Å². The van der Waals surface area contributed by atoms with Crippen molar-refractivity contribution in [3.63, 3.8) is 0 Å². The second-order valence-electron chi connectivity index (χ2n) is 6.44. The summed E-state index contributed by atoms with van der Waals surface area (Å²) < 4.78 is 5.56. The number of aromatic nitrogens is 1. The van der Waals surface area contributed by atoms with Crippen LogP contribution in [0.25, 0.3) is 10.9 Å². The first-order chi connectivity index (χ1) is 11.1. The third kappa shape index (κ3) is 6.19. The summed E-state index contributed by atoms with van der Waals surface area (Å²) in [6.45, 7) is 7.07. The summed E-state index contributed by atoms with van der Waals surface area (Å²) in [4.78, 5) is 15.8. The molecule has 0 aliphatic carbocycles. The predicted molar refractivity (Wildman–Crippen MR) is 97.8 cm³/mol. The lowest BCUT2D eigenvalue weighted by molar-refractivity contribution is -0.139. The van der Waals surface area contributed by atoms with Crippen molar-refractivity contribution >= 4 is 32.8 Å². The van der Waals surface area contributed by atoms with Crippen LogP contribution in [-0.4, -0.2) is 33.9 Å². The molecule has 1 heterocycles. The van der Waals surface area contributed by atoms with Gasteiger partial charge in [0, 0.05) is 9.86 Å². The van der Waals surface area contributed by atoms with Crippen LogP contribution in [0.2, 0.25) is 0 Å². The monoisotopic (exact) mass is 397 g/mol. The molecule has 0 aliphatic rings. The third-order valence-corrected chi connectivity index (χ3v) is 3.93. The van der Waals surface area contributed by atoms with Gasteiger partial charge in [0.05, 0.1) is 36.9 Å². The number of carbonyl (C=O) groups excluding carboxylic acids is 1. The van der Waals surface area contributed by atoms with Gasteiger partial charge < -0.3 is 14.9 Å². The minimum atomic E-state index is -0.500. The number of methoxy groups -OCH3 is 1. The Hall–Kier alpha value is -1.50. The molecule has 0 aliphatic heterocycles. The zero-order chi connectivity index (χ0) is 18.5. The van der Waals surface area contributed by atoms with Crippen LogP contribution in [0.5, 0.6) is 0 Å². The molecule has 0 saturated heterocycles. The maximum atomic E-state index is 11.4. The van der Waals surface area contributed by atoms with Crippen LogP contribution in [0, 0.1) is 6.92 Å². The van der Waals surface area contributed by atoms with Crippen LogP contribution in [0.1, 0.15) is 37.6 Å². The highest BCUT2D eigenvalue weighted by Gasteiger charge is 2.14. The van der Waals surface area contributed by atoms with Crippen molar-refractivity contribution in [1.82, 2.24) is 4.98 Å². The Morgan fingerprint density at radius 2 is 1.92 bits per heavy atom. The van der Waals surface area contributed by atoms with Crippen LogP contribution in [-0.2, 0) is 22.6 Å². The zero-order valence-corrected chi connectivity index (χ0v) is 16.3. The first-order valence-corrected chi connectivity index (χ1v) is 8.33. The number of ether oxygens (including phenoxy) is 1. The SMILES string of the molecule is CC(C)(C)O.COC(=O)Cc1c(C)cc2nc(CO)ccc2c1Br. The fourth-order valence-electron chi connectivity index (χ4n) is 1.96. The molecule has 0 bridgehead atoms. The molecule has 2 N–H and O–H groups in total. The van der Waals surface area contributed by atoms with Crippen molar-refractivity contribution < 1.29 is 19.7 Å². The molecule has 0 atom stereocenters. The molecular formula is C18H24BrNO4. The number of nitrogens with zero attached hydrogens (tertiary/aromatic N) is 1. The van der Waals surface area contributed by atoms with Gasteiger partial charge in [0.2, 0.25) is 0 Å². The minimum Gasteiger partial charge on any atom is -0.469 e. The lowest BCUT2D eigenvalue weighted by atomic mass is 10.0. The summed E-state index contributed by atoms with van der Waals surface area (Å²) in [5.41, 5.74) is 2.79. The van der Waals surface area contributed by atoms with Gasteiger partial charge in [-0.05, 0) is 73.0 Å². The molecule has 0 spiro atoms. The molecule has 0 amide bonds. The van der Waals surface area contributed by atoms with Gasteiger partial charge >= 0.3 is 5.97 Å². The number of halogens is 1. The maximum Gasteiger partial charge on any atom is 0.310 e. The van der Waals surface area contributed by atoms with Crippen molar-refractivity contribution in [2.75, 3.05) is 7.11 Å². The largest absolute Gasteiger partial charge is 0.469 e. The number of hydrogen-bond acceptors (Lipinski definition) is 5. The van der Waals surface area contributed by atoms with E-state index in [9.17, 15) is 4.79 Å². The van der Waals surface area contributed by atoms with E-state index in [-0.39, 0.29) is 19.0 Å². The van der Waals surface area contributed by atoms with E-state index in [0.29, 0.717) is 5.69 Å². The standard InChI is InChI=1S/C14H14BrNO3.C4H10O/c1-8-5-12-10(4-3-9(7-17)16-12)14(15)11(8)6-13(18)19-2;1-4(2,3)5/h3-5,17H,6-7H2,1-2H3;5H,1-3H3. The fraction of sp³-hybridized carbons (Fsp3) is 0.444. The van der Waals surface area contributed by atoms with Gasteiger partial charge in [-0.1, -0.05) is 0 Å². The average molecular weight is 398 g/mol. The lowest BCUT2D eigenvalue weighted by Crippen LogP contribution is -2.10. The Morgan fingerprint density at radius 1 is 1.33 bits per heavy atom. The second kappa shape index (κ2) is 8.55. The summed E-state index contributed by atoms with van der Waals surface area (Å²) >= 11 is 3.53. The summed E-state index contributed by atoms with van der Waals surface area (Å²) in [5, 5.41) is 18.5. The molecule has 0 unspecified atom stereocenters. The summed E-state index contributed by atoms with van der Waals surface area (Å²) in [5.74, 6) is -0.275. The number of esters is 1. The molecule has 2 rings (SSSR count). The van der Waals surface area contributed by atoms with Crippen molar-refractivity contribution in [1.29, 1.82) is 0 Å². The van der Waals surface area contributed by atoms with E-state index >= 15 is 0 Å². The number of rotatable bonds is 3. The number of benzene rings is 1. The number of aliphatic hydroxyl groups excluding tert-OH is 1. The van der Waals surface area contributed by atoms with Gasteiger partial charge in [-0.15, -0.1) is 0 Å². The van der Waals surface area contributed by atoms with Gasteiger partial charge in [-0.3, -0.25) is 9.78 Å². The van der Waals surface area contributed by atoms with Crippen LogP contribution in [0.4, 0.5) is 0 Å². The Balaban J connectivity index is 0.000000505. The zero-order valence-electron chi connectivity index (χ0n) is 14.7. The van der Waals surface area contributed by atoms with Crippen LogP contribution >= 0.6 is 15.9 Å². The number of aryl methyl sites for hydroxylation is 1. The number of carbonyl (C=O) groups is 1. The van der Waals surface area contributed by atoms with Gasteiger partial charge in [0.25, 0.3) is 0 Å². The van der Waals surface area contributed by atoms with Crippen LogP contribution < -0.4 is 0 Å². The maximum absolute atomic E-state index is 11.4. The number of fused-ring (bicyclic) bond motifs is 1. The Kier molecular flexibility index (Phi) is 7.32. The molecule has 0 saturated carbocycles. The van der Waals surface area contributed by atoms with Gasteiger partial charge in [-0.25, -0.2) is 0 Å². The van der Waals surface area contributed by atoms with E-state index in [1.165, 1.54) is 7.11 Å². The Bertz CT molecular complexity index is 717. The lowest BCUT2D eigenvalue weighted by Gasteiger charge is -2.11. The highest BCUT2D eigenvalue weighted by molar-refractivity contribution is 9.10. The fourth-order valence-corrected chi connectivity index (χ4v) is 2.75. The van der Waals surface area contributed by atoms with Crippen molar-refractivity contribution in [3.05, 3.63) is 39.5 Å². The molecule has 2 aromatic rings. The number of aliphatic hydroxyl groups is 2. The molecule has 132 valence electrons. The van der Waals surface area contributed by atoms with Gasteiger partial charge in [0.15, 0.2) is 0 Å². The topological polar surface area (TPSA) is 79.7 Å². The van der Waals surface area contributed by atoms with E-state index in [4.69, 9.17) is 14.9 Å². The van der Waals surface area contributed by atoms with E-state index < -0.39 is 5.60 Å². The quantitative estimate of drug-likeness (QED) is 0.776. The van der Waals surface area contributed by atoms with Crippen molar-refractivity contribution in [3.8, 4) is 0 Å². The molecule has 1 aromatic heterocycles. The molecule has 1 aromatic carbocycles. The first kappa shape index (κ1) is 20.5. The highest BCUT2D eigenvalue weighted by atomic mass is 79.9. The summed E-state index contributed by atoms with van der Waals surface area (Å²) in [6, 6.07) is 5.57. The first-order valence-electron chi connectivity index (χ1n) is 7.54. The number of pyridine rings is 1. The predicted octanol–water partition coefficient (Wildman–Crippen LogP) is 3.29. The molecule has 0 radical (unpaired) electrons. The summed E-state index contributed by atoms with van der Waals surface area (Å²) in [6.07, 6.45) is 0.223. The van der Waals surface area contributed by atoms with Crippen molar-refractivity contribution in [2.45, 2.75) is 46.3 Å². The number of hydrogen-bond donors (Lipinski definition) is 2. The minimum absolute atomic E-state index is 0.0868. The third-order valence-electron chi connectivity index (χ3n) is 3.02. The average Bonchev–Trinajstić information content (AvgIpc) is 2.48. The van der Waals surface area contributed by atoms with Crippen molar-refractivity contribution in [2.24, 2.45) is 0 Å². The van der Waals surface area contributed by atoms with Crippen LogP contribution in [0.15, 0.2) is 22.7 Å². The Morgan fingerprint density at radius 3 is 2.42 bits per heavy atom. The normalized spacial score (nSPS) is 11.0. The van der Waals surface area contributed by atoms with E-state index in [2.05, 4.69) is 20.9 Å². The molecule has 0 fully saturated rings.